The molecule has 3 aromatic carbocycles. The Bertz CT molecular complexity index is 950. The molecule has 3 rings (SSSR count). The predicted octanol–water partition coefficient (Wildman–Crippen LogP) is 7.61. The van der Waals surface area contributed by atoms with Crippen LogP contribution >= 0.6 is 39.1 Å². The molecule has 0 fully saturated rings. The van der Waals surface area contributed by atoms with E-state index in [1.165, 1.54) is 0 Å². The summed E-state index contributed by atoms with van der Waals surface area (Å²) in [6.45, 7) is 0. The summed E-state index contributed by atoms with van der Waals surface area (Å²) in [5.41, 5.74) is 3.64. The molecule has 1 N–H and O–H groups in total. The first-order chi connectivity index (χ1) is 12.6. The first-order valence-electron chi connectivity index (χ1n) is 7.88. The molecule has 0 aliphatic heterocycles. The van der Waals surface area contributed by atoms with Crippen LogP contribution in [-0.4, -0.2) is 6.21 Å². The highest BCUT2D eigenvalue weighted by Crippen LogP contribution is 2.23. The Hall–Kier alpha value is -2.07. The van der Waals surface area contributed by atoms with Gasteiger partial charge in [-0.15, -0.1) is 0 Å². The summed E-state index contributed by atoms with van der Waals surface area (Å²) in [6.07, 6.45) is 3.67. The normalized spacial score (nSPS) is 11.7. The Labute approximate surface area is 171 Å². The summed E-state index contributed by atoms with van der Waals surface area (Å²) in [5.74, 6) is 0. The molecule has 0 spiro atoms. The van der Waals surface area contributed by atoms with Gasteiger partial charge >= 0.3 is 0 Å². The zero-order valence-corrected chi connectivity index (χ0v) is 16.8. The molecule has 0 saturated heterocycles. The number of nitrogens with zero attached hydrogens (tertiary/aromatic N) is 1. The molecule has 26 heavy (non-hydrogen) atoms. The van der Waals surface area contributed by atoms with E-state index in [9.17, 15) is 0 Å². The molecule has 0 aliphatic rings. The highest BCUT2D eigenvalue weighted by molar-refractivity contribution is 9.10. The molecule has 0 aliphatic carbocycles. The standard InChI is InChI=1S/C21H15BrCl2N2/c22-16-9-7-15(8-10-16)21(26-20-6-2-4-18(24)14-20)11-12-25-19-5-1-3-17(23)13-19/h1-14,26H/b21-11+,25-12?. The van der Waals surface area contributed by atoms with E-state index in [4.69, 9.17) is 23.2 Å². The molecule has 0 radical (unpaired) electrons. The topological polar surface area (TPSA) is 24.4 Å². The fourth-order valence-corrected chi connectivity index (χ4v) is 2.95. The van der Waals surface area contributed by atoms with Crippen molar-refractivity contribution in [3.63, 3.8) is 0 Å². The van der Waals surface area contributed by atoms with Crippen molar-refractivity contribution in [1.29, 1.82) is 0 Å². The van der Waals surface area contributed by atoms with E-state index in [0.29, 0.717) is 10.0 Å². The van der Waals surface area contributed by atoms with Crippen LogP contribution in [0.5, 0.6) is 0 Å². The number of benzene rings is 3. The predicted molar refractivity (Wildman–Crippen MR) is 117 cm³/mol. The second-order valence-corrected chi connectivity index (χ2v) is 7.27. The number of hydrogen-bond donors (Lipinski definition) is 1. The summed E-state index contributed by atoms with van der Waals surface area (Å²) in [6, 6.07) is 23.1. The Morgan fingerprint density at radius 2 is 1.58 bits per heavy atom. The first-order valence-corrected chi connectivity index (χ1v) is 9.43. The SMILES string of the molecule is Clc1cccc(N=C/C=C(/Nc2cccc(Cl)c2)c2ccc(Br)cc2)c1. The Morgan fingerprint density at radius 1 is 0.885 bits per heavy atom. The van der Waals surface area contributed by atoms with Crippen LogP contribution in [0.4, 0.5) is 11.4 Å². The third kappa shape index (κ3) is 5.46. The highest BCUT2D eigenvalue weighted by Gasteiger charge is 2.03. The third-order valence-electron chi connectivity index (χ3n) is 3.53. The van der Waals surface area contributed by atoms with Gasteiger partial charge < -0.3 is 5.32 Å². The van der Waals surface area contributed by atoms with Crippen molar-refractivity contribution in [2.75, 3.05) is 5.32 Å². The van der Waals surface area contributed by atoms with E-state index in [0.717, 1.165) is 27.1 Å². The van der Waals surface area contributed by atoms with Gasteiger partial charge in [0.15, 0.2) is 0 Å². The van der Waals surface area contributed by atoms with E-state index in [1.54, 1.807) is 6.21 Å². The number of rotatable bonds is 5. The maximum absolute atomic E-state index is 6.09. The van der Waals surface area contributed by atoms with Gasteiger partial charge in [0, 0.05) is 32.1 Å². The van der Waals surface area contributed by atoms with E-state index < -0.39 is 0 Å². The second kappa shape index (κ2) is 9.04. The zero-order valence-electron chi connectivity index (χ0n) is 13.7. The Kier molecular flexibility index (Phi) is 6.51. The van der Waals surface area contributed by atoms with E-state index in [1.807, 2.05) is 78.9 Å². The van der Waals surface area contributed by atoms with Gasteiger partial charge in [-0.1, -0.05) is 63.4 Å². The van der Waals surface area contributed by atoms with Crippen molar-refractivity contribution in [1.82, 2.24) is 0 Å². The van der Waals surface area contributed by atoms with Gasteiger partial charge in [-0.25, -0.2) is 0 Å². The Balaban J connectivity index is 1.90. The lowest BCUT2D eigenvalue weighted by atomic mass is 10.1. The molecule has 0 aromatic heterocycles. The van der Waals surface area contributed by atoms with Gasteiger partial charge in [-0.2, -0.15) is 0 Å². The molecule has 0 bridgehead atoms. The average molecular weight is 446 g/mol. The van der Waals surface area contributed by atoms with Crippen LogP contribution in [0.1, 0.15) is 5.56 Å². The lowest BCUT2D eigenvalue weighted by Gasteiger charge is -2.11. The third-order valence-corrected chi connectivity index (χ3v) is 4.53. The smallest absolute Gasteiger partial charge is 0.0644 e. The molecular weight excluding hydrogens is 431 g/mol. The number of halogens is 3. The molecule has 0 heterocycles. The minimum Gasteiger partial charge on any atom is -0.355 e. The van der Waals surface area contributed by atoms with Gasteiger partial charge in [0.1, 0.15) is 0 Å². The average Bonchev–Trinajstić information content (AvgIpc) is 2.62. The monoisotopic (exact) mass is 444 g/mol. The minimum absolute atomic E-state index is 0.661. The zero-order chi connectivity index (χ0) is 18.4. The molecule has 130 valence electrons. The summed E-state index contributed by atoms with van der Waals surface area (Å²) < 4.78 is 1.02. The molecule has 0 atom stereocenters. The van der Waals surface area contributed by atoms with Crippen molar-refractivity contribution in [3.05, 3.63) is 99.0 Å². The molecule has 5 heteroatoms. The van der Waals surface area contributed by atoms with Crippen LogP contribution in [-0.2, 0) is 0 Å². The fraction of sp³-hybridized carbons (Fsp3) is 0. The van der Waals surface area contributed by atoms with Crippen LogP contribution in [0.25, 0.3) is 5.70 Å². The fourth-order valence-electron chi connectivity index (χ4n) is 2.32. The lowest BCUT2D eigenvalue weighted by Crippen LogP contribution is -1.99. The lowest BCUT2D eigenvalue weighted by molar-refractivity contribution is 1.51. The number of nitrogens with one attached hydrogen (secondary N) is 1. The highest BCUT2D eigenvalue weighted by atomic mass is 79.9. The number of allylic oxidation sites excluding steroid dienone is 1. The van der Waals surface area contributed by atoms with Crippen molar-refractivity contribution in [2.24, 2.45) is 4.99 Å². The van der Waals surface area contributed by atoms with Crippen LogP contribution in [0.3, 0.4) is 0 Å². The second-order valence-electron chi connectivity index (χ2n) is 5.48. The summed E-state index contributed by atoms with van der Waals surface area (Å²) >= 11 is 15.6. The maximum atomic E-state index is 6.09. The summed E-state index contributed by atoms with van der Waals surface area (Å²) in [7, 11) is 0. The number of aliphatic imine (C=N–C) groups is 1. The molecule has 0 amide bonds. The molecule has 3 aromatic rings. The van der Waals surface area contributed by atoms with Crippen LogP contribution in [0.2, 0.25) is 10.0 Å². The van der Waals surface area contributed by atoms with Gasteiger partial charge in [0.2, 0.25) is 0 Å². The van der Waals surface area contributed by atoms with Gasteiger partial charge in [-0.05, 0) is 60.2 Å². The van der Waals surface area contributed by atoms with Gasteiger partial charge in [0.05, 0.1) is 5.69 Å². The maximum Gasteiger partial charge on any atom is 0.0644 e. The summed E-state index contributed by atoms with van der Waals surface area (Å²) in [4.78, 5) is 4.45. The van der Waals surface area contributed by atoms with Crippen molar-refractivity contribution >= 4 is 62.4 Å². The van der Waals surface area contributed by atoms with Crippen molar-refractivity contribution in [3.8, 4) is 0 Å². The van der Waals surface area contributed by atoms with Crippen LogP contribution < -0.4 is 5.32 Å². The van der Waals surface area contributed by atoms with E-state index >= 15 is 0 Å². The largest absolute Gasteiger partial charge is 0.355 e. The number of anilines is 1. The van der Waals surface area contributed by atoms with Crippen LogP contribution in [0.15, 0.2) is 88.3 Å². The molecule has 0 saturated carbocycles. The Morgan fingerprint density at radius 3 is 2.27 bits per heavy atom. The minimum atomic E-state index is 0.661. The van der Waals surface area contributed by atoms with Gasteiger partial charge in [0.25, 0.3) is 0 Å². The number of hydrogen-bond acceptors (Lipinski definition) is 2. The van der Waals surface area contributed by atoms with E-state index in [-0.39, 0.29) is 0 Å². The van der Waals surface area contributed by atoms with Crippen LogP contribution in [0, 0.1) is 0 Å². The molecular formula is C21H15BrCl2N2. The summed E-state index contributed by atoms with van der Waals surface area (Å²) in [5, 5.41) is 4.74. The molecule has 0 unspecified atom stereocenters. The van der Waals surface area contributed by atoms with Crippen molar-refractivity contribution in [2.45, 2.75) is 0 Å². The molecule has 2 nitrogen and oxygen atoms in total. The van der Waals surface area contributed by atoms with Crippen molar-refractivity contribution < 1.29 is 0 Å². The van der Waals surface area contributed by atoms with E-state index in [2.05, 4.69) is 26.2 Å². The first kappa shape index (κ1) is 18.7. The quantitative estimate of drug-likeness (QED) is 0.401. The van der Waals surface area contributed by atoms with Gasteiger partial charge in [-0.3, -0.25) is 4.99 Å².